The zero-order valence-corrected chi connectivity index (χ0v) is 10.5. The molecule has 16 heavy (non-hydrogen) atoms. The van der Waals surface area contributed by atoms with Crippen LogP contribution < -0.4 is 4.90 Å². The molecule has 0 saturated carbocycles. The van der Waals surface area contributed by atoms with Gasteiger partial charge in [-0.2, -0.15) is 9.61 Å². The van der Waals surface area contributed by atoms with Crippen LogP contribution >= 0.6 is 0 Å². The molecule has 0 atom stereocenters. The van der Waals surface area contributed by atoms with Crippen LogP contribution in [0.25, 0.3) is 5.65 Å². The molecule has 0 saturated heterocycles. The normalized spacial score (nSPS) is 12.1. The zero-order chi connectivity index (χ0) is 11.9. The standard InChI is InChI=1S/C12H18N4/c1-12(2,3)9-6-7-10(15(4)5)16-11(9)13-8-14-16/h6-8H,1-5H3. The molecule has 0 aliphatic heterocycles. The Kier molecular flexibility index (Phi) is 2.37. The molecule has 0 unspecified atom stereocenters. The lowest BCUT2D eigenvalue weighted by Gasteiger charge is -2.21. The SMILES string of the molecule is CN(C)c1ccc(C(C)(C)C)c2ncnn12. The molecule has 0 aliphatic carbocycles. The van der Waals surface area contributed by atoms with Gasteiger partial charge in [0.2, 0.25) is 0 Å². The summed E-state index contributed by atoms with van der Waals surface area (Å²) in [5, 5.41) is 4.28. The van der Waals surface area contributed by atoms with Gasteiger partial charge < -0.3 is 4.90 Å². The molecule has 4 nitrogen and oxygen atoms in total. The van der Waals surface area contributed by atoms with Gasteiger partial charge >= 0.3 is 0 Å². The number of anilines is 1. The van der Waals surface area contributed by atoms with Crippen LogP contribution in [0.1, 0.15) is 26.3 Å². The van der Waals surface area contributed by atoms with Crippen molar-refractivity contribution >= 4 is 11.5 Å². The van der Waals surface area contributed by atoms with Crippen molar-refractivity contribution in [3.05, 3.63) is 24.0 Å². The molecule has 2 rings (SSSR count). The van der Waals surface area contributed by atoms with Crippen LogP contribution in [0.15, 0.2) is 18.5 Å². The van der Waals surface area contributed by atoms with E-state index < -0.39 is 0 Å². The maximum atomic E-state index is 4.35. The second-order valence-corrected chi connectivity index (χ2v) is 5.25. The van der Waals surface area contributed by atoms with Crippen LogP contribution in [-0.4, -0.2) is 28.7 Å². The van der Waals surface area contributed by atoms with E-state index >= 15 is 0 Å². The van der Waals surface area contributed by atoms with Gasteiger partial charge in [-0.1, -0.05) is 26.8 Å². The molecule has 0 spiro atoms. The molecule has 86 valence electrons. The van der Waals surface area contributed by atoms with Gasteiger partial charge in [0.05, 0.1) is 0 Å². The number of fused-ring (bicyclic) bond motifs is 1. The molecular weight excluding hydrogens is 200 g/mol. The molecule has 0 radical (unpaired) electrons. The van der Waals surface area contributed by atoms with E-state index in [0.717, 1.165) is 11.5 Å². The van der Waals surface area contributed by atoms with Crippen LogP contribution in [0.3, 0.4) is 0 Å². The van der Waals surface area contributed by atoms with Crippen molar-refractivity contribution in [2.75, 3.05) is 19.0 Å². The first-order valence-electron chi connectivity index (χ1n) is 5.42. The number of aromatic nitrogens is 3. The Balaban J connectivity index is 2.74. The van der Waals surface area contributed by atoms with Crippen LogP contribution in [-0.2, 0) is 5.41 Å². The van der Waals surface area contributed by atoms with E-state index in [2.05, 4.69) is 43.0 Å². The Morgan fingerprint density at radius 1 is 1.19 bits per heavy atom. The fraction of sp³-hybridized carbons (Fsp3) is 0.500. The Morgan fingerprint density at radius 3 is 2.44 bits per heavy atom. The first kappa shape index (κ1) is 10.9. The smallest absolute Gasteiger partial charge is 0.161 e. The highest BCUT2D eigenvalue weighted by Crippen LogP contribution is 2.27. The fourth-order valence-electron chi connectivity index (χ4n) is 1.82. The highest BCUT2D eigenvalue weighted by atomic mass is 15.3. The predicted molar refractivity (Wildman–Crippen MR) is 66.0 cm³/mol. The summed E-state index contributed by atoms with van der Waals surface area (Å²) >= 11 is 0. The summed E-state index contributed by atoms with van der Waals surface area (Å²) in [6, 6.07) is 4.22. The van der Waals surface area contributed by atoms with E-state index in [4.69, 9.17) is 0 Å². The zero-order valence-electron chi connectivity index (χ0n) is 10.5. The fourth-order valence-corrected chi connectivity index (χ4v) is 1.82. The number of hydrogen-bond acceptors (Lipinski definition) is 3. The van der Waals surface area contributed by atoms with Crippen molar-refractivity contribution in [1.82, 2.24) is 14.6 Å². The first-order chi connectivity index (χ1) is 7.41. The molecule has 2 heterocycles. The van der Waals surface area contributed by atoms with Crippen molar-refractivity contribution in [2.45, 2.75) is 26.2 Å². The van der Waals surface area contributed by atoms with E-state index in [1.54, 1.807) is 6.33 Å². The maximum absolute atomic E-state index is 4.35. The van der Waals surface area contributed by atoms with Gasteiger partial charge in [-0.05, 0) is 11.5 Å². The summed E-state index contributed by atoms with van der Waals surface area (Å²) in [6.07, 6.45) is 1.61. The number of pyridine rings is 1. The van der Waals surface area contributed by atoms with Gasteiger partial charge in [0, 0.05) is 19.7 Å². The first-order valence-corrected chi connectivity index (χ1v) is 5.42. The van der Waals surface area contributed by atoms with E-state index in [0.29, 0.717) is 0 Å². The molecule has 2 aromatic rings. The second kappa shape index (κ2) is 3.47. The minimum absolute atomic E-state index is 0.0825. The summed E-state index contributed by atoms with van der Waals surface area (Å²) in [7, 11) is 4.01. The third-order valence-electron chi connectivity index (χ3n) is 2.67. The van der Waals surface area contributed by atoms with Gasteiger partial charge in [0.15, 0.2) is 5.65 Å². The average Bonchev–Trinajstić information content (AvgIpc) is 2.61. The molecule has 0 bridgehead atoms. The number of hydrogen-bond donors (Lipinski definition) is 0. The Morgan fingerprint density at radius 2 is 1.88 bits per heavy atom. The maximum Gasteiger partial charge on any atom is 0.161 e. The molecule has 0 aliphatic rings. The van der Waals surface area contributed by atoms with Crippen LogP contribution in [0.2, 0.25) is 0 Å². The molecule has 2 aromatic heterocycles. The van der Waals surface area contributed by atoms with Gasteiger partial charge in [0.1, 0.15) is 12.1 Å². The largest absolute Gasteiger partial charge is 0.363 e. The average molecular weight is 218 g/mol. The molecule has 0 fully saturated rings. The van der Waals surface area contributed by atoms with Crippen molar-refractivity contribution in [1.29, 1.82) is 0 Å². The lowest BCUT2D eigenvalue weighted by atomic mass is 9.88. The summed E-state index contributed by atoms with van der Waals surface area (Å²) in [4.78, 5) is 6.39. The van der Waals surface area contributed by atoms with E-state index in [1.807, 2.05) is 23.5 Å². The van der Waals surface area contributed by atoms with Gasteiger partial charge in [-0.25, -0.2) is 4.98 Å². The summed E-state index contributed by atoms with van der Waals surface area (Å²) in [5.41, 5.74) is 2.24. The van der Waals surface area contributed by atoms with Crippen LogP contribution in [0.4, 0.5) is 5.82 Å². The van der Waals surface area contributed by atoms with Gasteiger partial charge in [0.25, 0.3) is 0 Å². The molecule has 4 heteroatoms. The third kappa shape index (κ3) is 1.64. The second-order valence-electron chi connectivity index (χ2n) is 5.25. The lowest BCUT2D eigenvalue weighted by Crippen LogP contribution is -2.18. The van der Waals surface area contributed by atoms with Crippen molar-refractivity contribution in [3.63, 3.8) is 0 Å². The van der Waals surface area contributed by atoms with Crippen LogP contribution in [0, 0.1) is 0 Å². The topological polar surface area (TPSA) is 33.4 Å². The van der Waals surface area contributed by atoms with E-state index in [1.165, 1.54) is 5.56 Å². The summed E-state index contributed by atoms with van der Waals surface area (Å²) < 4.78 is 1.89. The molecule has 0 amide bonds. The minimum Gasteiger partial charge on any atom is -0.363 e. The quantitative estimate of drug-likeness (QED) is 0.735. The third-order valence-corrected chi connectivity index (χ3v) is 2.67. The van der Waals surface area contributed by atoms with Gasteiger partial charge in [-0.15, -0.1) is 0 Å². The lowest BCUT2D eigenvalue weighted by molar-refractivity contribution is 0.590. The predicted octanol–water partition coefficient (Wildman–Crippen LogP) is 2.09. The van der Waals surface area contributed by atoms with E-state index in [-0.39, 0.29) is 5.41 Å². The van der Waals surface area contributed by atoms with Crippen LogP contribution in [0.5, 0.6) is 0 Å². The molecule has 0 aromatic carbocycles. The molecular formula is C12H18N4. The van der Waals surface area contributed by atoms with E-state index in [9.17, 15) is 0 Å². The van der Waals surface area contributed by atoms with Gasteiger partial charge in [-0.3, -0.25) is 0 Å². The number of nitrogens with zero attached hydrogens (tertiary/aromatic N) is 4. The number of rotatable bonds is 1. The monoisotopic (exact) mass is 218 g/mol. The highest BCUT2D eigenvalue weighted by molar-refractivity contribution is 5.57. The summed E-state index contributed by atoms with van der Waals surface area (Å²) in [6.45, 7) is 6.56. The Labute approximate surface area is 95.9 Å². The Bertz CT molecular complexity index is 505. The molecule has 0 N–H and O–H groups in total. The Hall–Kier alpha value is -1.58. The van der Waals surface area contributed by atoms with Crippen molar-refractivity contribution in [2.24, 2.45) is 0 Å². The van der Waals surface area contributed by atoms with Crippen molar-refractivity contribution in [3.8, 4) is 0 Å². The minimum atomic E-state index is 0.0825. The van der Waals surface area contributed by atoms with Crippen molar-refractivity contribution < 1.29 is 0 Å². The highest BCUT2D eigenvalue weighted by Gasteiger charge is 2.20. The summed E-state index contributed by atoms with van der Waals surface area (Å²) in [5.74, 6) is 1.04.